The highest BCUT2D eigenvalue weighted by molar-refractivity contribution is 5.37. The van der Waals surface area contributed by atoms with Gasteiger partial charge in [0.15, 0.2) is 0 Å². The third-order valence-corrected chi connectivity index (χ3v) is 2.75. The van der Waals surface area contributed by atoms with Crippen LogP contribution in [0.1, 0.15) is 22.3 Å². The van der Waals surface area contributed by atoms with Gasteiger partial charge in [-0.25, -0.2) is 0 Å². The van der Waals surface area contributed by atoms with Gasteiger partial charge in [0, 0.05) is 12.4 Å². The van der Waals surface area contributed by atoms with E-state index in [1.807, 2.05) is 31.3 Å². The molecule has 1 radical (unpaired) electrons. The summed E-state index contributed by atoms with van der Waals surface area (Å²) in [5, 5.41) is 8.92. The largest absolute Gasteiger partial charge is 0.264 e. The number of nitriles is 1. The Bertz CT molecular complexity index is 553. The van der Waals surface area contributed by atoms with Crippen molar-refractivity contribution in [1.82, 2.24) is 4.98 Å². The Morgan fingerprint density at radius 1 is 1.22 bits per heavy atom. The summed E-state index contributed by atoms with van der Waals surface area (Å²) in [4.78, 5) is 4.09. The zero-order valence-corrected chi connectivity index (χ0v) is 10.4. The minimum Gasteiger partial charge on any atom is -0.264 e. The molecule has 0 unspecified atom stereocenters. The Labute approximate surface area is 108 Å². The van der Waals surface area contributed by atoms with Crippen molar-refractivity contribution < 1.29 is 0 Å². The molecular formula is C16H15N2. The first-order valence-corrected chi connectivity index (χ1v) is 5.99. The lowest BCUT2D eigenvalue weighted by molar-refractivity contribution is 1.01. The van der Waals surface area contributed by atoms with E-state index >= 15 is 0 Å². The SMILES string of the molecule is Cc1cc(C#N)cc(C[CH]Cc2cccnc2)c1. The summed E-state index contributed by atoms with van der Waals surface area (Å²) in [5.41, 5.74) is 4.28. The molecule has 0 saturated carbocycles. The van der Waals surface area contributed by atoms with Crippen molar-refractivity contribution in [3.8, 4) is 6.07 Å². The molecule has 1 aromatic carbocycles. The monoisotopic (exact) mass is 235 g/mol. The van der Waals surface area contributed by atoms with Crippen LogP contribution in [0.5, 0.6) is 0 Å². The van der Waals surface area contributed by atoms with Crippen molar-refractivity contribution in [3.05, 3.63) is 71.4 Å². The highest BCUT2D eigenvalue weighted by atomic mass is 14.6. The predicted molar refractivity (Wildman–Crippen MR) is 71.8 cm³/mol. The summed E-state index contributed by atoms with van der Waals surface area (Å²) in [7, 11) is 0. The van der Waals surface area contributed by atoms with Crippen LogP contribution in [0.4, 0.5) is 0 Å². The summed E-state index contributed by atoms with van der Waals surface area (Å²) >= 11 is 0. The number of aryl methyl sites for hydroxylation is 1. The van der Waals surface area contributed by atoms with Crippen LogP contribution in [0.3, 0.4) is 0 Å². The first-order chi connectivity index (χ1) is 8.78. The number of benzene rings is 1. The lowest BCUT2D eigenvalue weighted by Gasteiger charge is -2.04. The molecule has 0 fully saturated rings. The highest BCUT2D eigenvalue weighted by Gasteiger charge is 1.99. The number of rotatable bonds is 4. The van der Waals surface area contributed by atoms with Gasteiger partial charge in [0.1, 0.15) is 0 Å². The first-order valence-electron chi connectivity index (χ1n) is 5.99. The quantitative estimate of drug-likeness (QED) is 0.815. The number of pyridine rings is 1. The maximum absolute atomic E-state index is 8.92. The highest BCUT2D eigenvalue weighted by Crippen LogP contribution is 2.12. The molecule has 0 N–H and O–H groups in total. The van der Waals surface area contributed by atoms with E-state index in [0.717, 1.165) is 24.0 Å². The number of hydrogen-bond acceptors (Lipinski definition) is 2. The van der Waals surface area contributed by atoms with Gasteiger partial charge in [-0.1, -0.05) is 12.1 Å². The van der Waals surface area contributed by atoms with E-state index in [9.17, 15) is 0 Å². The number of nitrogens with zero attached hydrogens (tertiary/aromatic N) is 2. The van der Waals surface area contributed by atoms with Crippen molar-refractivity contribution >= 4 is 0 Å². The maximum atomic E-state index is 8.92. The second-order valence-corrected chi connectivity index (χ2v) is 4.38. The van der Waals surface area contributed by atoms with E-state index in [1.165, 1.54) is 11.1 Å². The molecule has 0 spiro atoms. The van der Waals surface area contributed by atoms with Crippen LogP contribution in [-0.4, -0.2) is 4.98 Å². The van der Waals surface area contributed by atoms with Crippen molar-refractivity contribution in [2.45, 2.75) is 19.8 Å². The molecule has 0 aliphatic heterocycles. The molecule has 18 heavy (non-hydrogen) atoms. The molecule has 0 aliphatic rings. The van der Waals surface area contributed by atoms with Gasteiger partial charge >= 0.3 is 0 Å². The van der Waals surface area contributed by atoms with Gasteiger partial charge in [-0.15, -0.1) is 0 Å². The smallest absolute Gasteiger partial charge is 0.0991 e. The van der Waals surface area contributed by atoms with E-state index in [-0.39, 0.29) is 0 Å². The van der Waals surface area contributed by atoms with Crippen LogP contribution < -0.4 is 0 Å². The second kappa shape index (κ2) is 5.97. The maximum Gasteiger partial charge on any atom is 0.0991 e. The molecular weight excluding hydrogens is 220 g/mol. The fraction of sp³-hybridized carbons (Fsp3) is 0.188. The summed E-state index contributed by atoms with van der Waals surface area (Å²) in [6.07, 6.45) is 7.67. The topological polar surface area (TPSA) is 36.7 Å². The van der Waals surface area contributed by atoms with Crippen molar-refractivity contribution in [2.24, 2.45) is 0 Å². The minimum absolute atomic E-state index is 0.736. The van der Waals surface area contributed by atoms with Crippen LogP contribution in [-0.2, 0) is 12.8 Å². The average Bonchev–Trinajstić information content (AvgIpc) is 2.39. The molecule has 2 aromatic rings. The van der Waals surface area contributed by atoms with Gasteiger partial charge in [-0.2, -0.15) is 5.26 Å². The zero-order valence-electron chi connectivity index (χ0n) is 10.4. The van der Waals surface area contributed by atoms with Gasteiger partial charge in [0.05, 0.1) is 11.6 Å². The zero-order chi connectivity index (χ0) is 12.8. The Balaban J connectivity index is 1.95. The Kier molecular flexibility index (Phi) is 4.09. The number of hydrogen-bond donors (Lipinski definition) is 0. The molecule has 0 bridgehead atoms. The predicted octanol–water partition coefficient (Wildman–Crippen LogP) is 3.25. The van der Waals surface area contributed by atoms with E-state index in [1.54, 1.807) is 6.20 Å². The van der Waals surface area contributed by atoms with Gasteiger partial charge in [-0.3, -0.25) is 4.98 Å². The van der Waals surface area contributed by atoms with Crippen LogP contribution >= 0.6 is 0 Å². The van der Waals surface area contributed by atoms with Gasteiger partial charge in [0.25, 0.3) is 0 Å². The lowest BCUT2D eigenvalue weighted by atomic mass is 10.0. The van der Waals surface area contributed by atoms with Crippen LogP contribution in [0.15, 0.2) is 42.7 Å². The van der Waals surface area contributed by atoms with E-state index in [2.05, 4.69) is 29.6 Å². The third kappa shape index (κ3) is 3.43. The second-order valence-electron chi connectivity index (χ2n) is 4.38. The van der Waals surface area contributed by atoms with Gasteiger partial charge in [0.2, 0.25) is 0 Å². The van der Waals surface area contributed by atoms with E-state index < -0.39 is 0 Å². The standard InChI is InChI=1S/C16H15N2/c1-13-8-15(10-16(9-13)11-17)5-2-4-14-6-3-7-18-12-14/h2-3,6-10,12H,4-5H2,1H3. The Hall–Kier alpha value is -2.14. The Morgan fingerprint density at radius 3 is 2.78 bits per heavy atom. The van der Waals surface area contributed by atoms with Gasteiger partial charge in [-0.05, 0) is 61.1 Å². The van der Waals surface area contributed by atoms with E-state index in [4.69, 9.17) is 5.26 Å². The lowest BCUT2D eigenvalue weighted by Crippen LogP contribution is -1.93. The molecule has 0 atom stereocenters. The fourth-order valence-corrected chi connectivity index (χ4v) is 1.97. The van der Waals surface area contributed by atoms with E-state index in [0.29, 0.717) is 0 Å². The fourth-order valence-electron chi connectivity index (χ4n) is 1.97. The summed E-state index contributed by atoms with van der Waals surface area (Å²) < 4.78 is 0. The summed E-state index contributed by atoms with van der Waals surface area (Å²) in [6, 6.07) is 12.2. The number of aromatic nitrogens is 1. The van der Waals surface area contributed by atoms with Crippen LogP contribution in [0.2, 0.25) is 0 Å². The summed E-state index contributed by atoms with van der Waals surface area (Å²) in [6.45, 7) is 2.02. The van der Waals surface area contributed by atoms with Crippen LogP contribution in [0.25, 0.3) is 0 Å². The van der Waals surface area contributed by atoms with Crippen LogP contribution in [0, 0.1) is 24.7 Å². The van der Waals surface area contributed by atoms with Crippen molar-refractivity contribution in [2.75, 3.05) is 0 Å². The molecule has 0 aliphatic carbocycles. The third-order valence-electron chi connectivity index (χ3n) is 2.75. The minimum atomic E-state index is 0.736. The molecule has 0 saturated heterocycles. The molecule has 0 amide bonds. The normalized spacial score (nSPS) is 10.0. The molecule has 1 heterocycles. The van der Waals surface area contributed by atoms with Crippen molar-refractivity contribution in [3.63, 3.8) is 0 Å². The molecule has 89 valence electrons. The molecule has 2 heteroatoms. The average molecular weight is 235 g/mol. The molecule has 2 rings (SSSR count). The van der Waals surface area contributed by atoms with Crippen molar-refractivity contribution in [1.29, 1.82) is 5.26 Å². The first kappa shape index (κ1) is 12.3. The van der Waals surface area contributed by atoms with Gasteiger partial charge < -0.3 is 0 Å². The molecule has 1 aromatic heterocycles. The molecule has 2 nitrogen and oxygen atoms in total. The Morgan fingerprint density at radius 2 is 2.06 bits per heavy atom. The summed E-state index contributed by atoms with van der Waals surface area (Å²) in [5.74, 6) is 0.